The quantitative estimate of drug-likeness (QED) is 0.0974. The number of hydrogen-bond donors (Lipinski definition) is 1. The van der Waals surface area contributed by atoms with Crippen LogP contribution in [0.15, 0.2) is 96.1 Å². The number of aliphatic hydroxyl groups is 1. The summed E-state index contributed by atoms with van der Waals surface area (Å²) in [6.45, 7) is 1.82. The molecular weight excluding hydrogens is 576 g/mol. The van der Waals surface area contributed by atoms with E-state index in [2.05, 4.69) is 10.0 Å². The molecule has 2 aliphatic rings. The summed E-state index contributed by atoms with van der Waals surface area (Å²) in [5.74, 6) is 0. The summed E-state index contributed by atoms with van der Waals surface area (Å²) in [5.41, 5.74) is 12.0. The van der Waals surface area contributed by atoms with Gasteiger partial charge < -0.3 is 33.7 Å². The third-order valence-electron chi connectivity index (χ3n) is 7.87. The minimum absolute atomic E-state index is 0.206. The van der Waals surface area contributed by atoms with Crippen LogP contribution in [0.4, 0.5) is 4.79 Å². The van der Waals surface area contributed by atoms with E-state index in [9.17, 15) is 9.90 Å². The maximum atomic E-state index is 13.0. The van der Waals surface area contributed by atoms with Gasteiger partial charge in [0, 0.05) is 30.2 Å². The molecule has 2 aliphatic heterocycles. The maximum Gasteiger partial charge on any atom is 0.410 e. The molecule has 0 aromatic heterocycles. The number of nitrogens with zero attached hydrogens (tertiary/aromatic N) is 4. The van der Waals surface area contributed by atoms with Gasteiger partial charge in [0.15, 0.2) is 12.6 Å². The number of hydrogen-bond acceptors (Lipinski definition) is 8. The van der Waals surface area contributed by atoms with Crippen LogP contribution in [0.25, 0.3) is 10.4 Å². The lowest BCUT2D eigenvalue weighted by atomic mass is 9.96. The van der Waals surface area contributed by atoms with Crippen molar-refractivity contribution < 1.29 is 33.6 Å². The molecule has 0 saturated carbocycles. The van der Waals surface area contributed by atoms with Gasteiger partial charge in [0.25, 0.3) is 0 Å². The van der Waals surface area contributed by atoms with Crippen molar-refractivity contribution in [2.75, 3.05) is 19.8 Å². The Labute approximate surface area is 263 Å². The van der Waals surface area contributed by atoms with Gasteiger partial charge in [-0.05, 0) is 29.5 Å². The minimum Gasteiger partial charge on any atom is -0.445 e. The fraction of sp³-hybridized carbons (Fsp3) is 0.441. The van der Waals surface area contributed by atoms with E-state index in [4.69, 9.17) is 29.2 Å². The number of amides is 1. The number of aliphatic hydroxyl groups excluding tert-OH is 1. The zero-order valence-corrected chi connectivity index (χ0v) is 25.2. The smallest absolute Gasteiger partial charge is 0.410 e. The summed E-state index contributed by atoms with van der Waals surface area (Å²) in [6, 6.07) is 28.0. The molecule has 2 fully saturated rings. The number of fused-ring (bicyclic) bond motifs is 1. The zero-order chi connectivity index (χ0) is 31.3. The summed E-state index contributed by atoms with van der Waals surface area (Å²) in [5, 5.41) is 14.8. The molecular formula is C34H40N4O7. The van der Waals surface area contributed by atoms with E-state index in [-0.39, 0.29) is 19.3 Å². The SMILES string of the molecule is [N-]=[N+]=NC1C(O)[C@H]2OC(c3ccccc3)OCC2O[C@H]1OCCCCCCN(Cc1ccccc1)C(=O)OCc1ccccc1. The minimum atomic E-state index is -1.11. The van der Waals surface area contributed by atoms with Gasteiger partial charge in [-0.15, -0.1) is 0 Å². The van der Waals surface area contributed by atoms with Crippen molar-refractivity contribution in [2.45, 2.75) is 75.8 Å². The molecule has 0 aliphatic carbocycles. The van der Waals surface area contributed by atoms with Crippen LogP contribution in [0.1, 0.15) is 48.7 Å². The van der Waals surface area contributed by atoms with Crippen molar-refractivity contribution in [2.24, 2.45) is 5.11 Å². The lowest BCUT2D eigenvalue weighted by Crippen LogP contribution is -2.61. The van der Waals surface area contributed by atoms with Gasteiger partial charge in [0.2, 0.25) is 0 Å². The first-order valence-corrected chi connectivity index (χ1v) is 15.4. The Morgan fingerprint density at radius 1 is 0.911 bits per heavy atom. The Bertz CT molecular complexity index is 1360. The number of carbonyl (C=O) groups excluding carboxylic acids is 1. The van der Waals surface area contributed by atoms with Crippen LogP contribution >= 0.6 is 0 Å². The van der Waals surface area contributed by atoms with Gasteiger partial charge in [-0.1, -0.05) is 109 Å². The van der Waals surface area contributed by atoms with Gasteiger partial charge in [-0.2, -0.15) is 0 Å². The van der Waals surface area contributed by atoms with Crippen molar-refractivity contribution in [1.29, 1.82) is 0 Å². The first-order chi connectivity index (χ1) is 22.1. The molecule has 0 bridgehead atoms. The summed E-state index contributed by atoms with van der Waals surface area (Å²) in [6.07, 6.45) is -1.04. The topological polar surface area (TPSA) is 135 Å². The van der Waals surface area contributed by atoms with E-state index in [0.29, 0.717) is 19.7 Å². The van der Waals surface area contributed by atoms with E-state index in [1.54, 1.807) is 4.90 Å². The van der Waals surface area contributed by atoms with E-state index in [1.165, 1.54) is 0 Å². The van der Waals surface area contributed by atoms with Crippen LogP contribution in [0.5, 0.6) is 0 Å². The van der Waals surface area contributed by atoms with Crippen LogP contribution in [-0.2, 0) is 36.8 Å². The molecule has 238 valence electrons. The van der Waals surface area contributed by atoms with Gasteiger partial charge in [-0.3, -0.25) is 0 Å². The number of unbranched alkanes of at least 4 members (excludes halogenated alkanes) is 3. The lowest BCUT2D eigenvalue weighted by molar-refractivity contribution is -0.341. The highest BCUT2D eigenvalue weighted by Crippen LogP contribution is 2.35. The summed E-state index contributed by atoms with van der Waals surface area (Å²) < 4.78 is 29.5. The molecule has 0 spiro atoms. The summed E-state index contributed by atoms with van der Waals surface area (Å²) in [4.78, 5) is 17.6. The molecule has 2 saturated heterocycles. The second kappa shape index (κ2) is 16.9. The van der Waals surface area contributed by atoms with Crippen LogP contribution in [-0.4, -0.2) is 66.5 Å². The van der Waals surface area contributed by atoms with Crippen LogP contribution in [0.2, 0.25) is 0 Å². The van der Waals surface area contributed by atoms with E-state index < -0.39 is 36.9 Å². The molecule has 2 heterocycles. The number of ether oxygens (including phenoxy) is 5. The van der Waals surface area contributed by atoms with Crippen LogP contribution < -0.4 is 0 Å². The third kappa shape index (κ3) is 9.27. The number of azide groups is 1. The normalized spacial score (nSPS) is 24.2. The zero-order valence-electron chi connectivity index (χ0n) is 25.2. The van der Waals surface area contributed by atoms with Crippen LogP contribution in [0, 0.1) is 0 Å². The Hall–Kier alpha value is -3.96. The molecule has 6 atom stereocenters. The Morgan fingerprint density at radius 2 is 1.58 bits per heavy atom. The van der Waals surface area contributed by atoms with Crippen molar-refractivity contribution in [3.63, 3.8) is 0 Å². The fourth-order valence-electron chi connectivity index (χ4n) is 5.48. The highest BCUT2D eigenvalue weighted by molar-refractivity contribution is 5.67. The van der Waals surface area contributed by atoms with E-state index in [0.717, 1.165) is 42.4 Å². The number of carbonyl (C=O) groups is 1. The predicted octanol–water partition coefficient (Wildman–Crippen LogP) is 6.28. The average Bonchev–Trinajstić information content (AvgIpc) is 3.09. The van der Waals surface area contributed by atoms with Crippen molar-refractivity contribution in [1.82, 2.24) is 4.90 Å². The molecule has 4 unspecified atom stereocenters. The summed E-state index contributed by atoms with van der Waals surface area (Å²) >= 11 is 0. The average molecular weight is 617 g/mol. The van der Waals surface area contributed by atoms with E-state index in [1.807, 2.05) is 91.0 Å². The highest BCUT2D eigenvalue weighted by Gasteiger charge is 2.49. The van der Waals surface area contributed by atoms with Crippen molar-refractivity contribution >= 4 is 6.09 Å². The van der Waals surface area contributed by atoms with Crippen molar-refractivity contribution in [3.05, 3.63) is 118 Å². The second-order valence-electron chi connectivity index (χ2n) is 11.1. The predicted molar refractivity (Wildman–Crippen MR) is 166 cm³/mol. The van der Waals surface area contributed by atoms with Gasteiger partial charge in [-0.25, -0.2) is 4.79 Å². The standard InChI is InChI=1S/C34H40N4O7/c35-37-36-29-30(39)31-28(24-42-32(45-31)27-18-10-5-11-19-27)44-33(29)41-21-13-2-1-12-20-38(22-25-14-6-3-7-15-25)34(40)43-23-26-16-8-4-9-17-26/h3-11,14-19,28-33,39H,1-2,12-13,20-24H2/t28?,29?,30?,31-,32?,33+/m0/s1. The molecule has 3 aromatic rings. The molecule has 5 rings (SSSR count). The monoisotopic (exact) mass is 616 g/mol. The first kappa shape index (κ1) is 32.4. The Balaban J connectivity index is 1.06. The molecule has 0 radical (unpaired) electrons. The van der Waals surface area contributed by atoms with Crippen molar-refractivity contribution in [3.8, 4) is 0 Å². The molecule has 1 amide bonds. The first-order valence-electron chi connectivity index (χ1n) is 15.4. The molecule has 45 heavy (non-hydrogen) atoms. The molecule has 3 aromatic carbocycles. The third-order valence-corrected chi connectivity index (χ3v) is 7.87. The summed E-state index contributed by atoms with van der Waals surface area (Å²) in [7, 11) is 0. The van der Waals surface area contributed by atoms with Gasteiger partial charge in [0.1, 0.15) is 24.9 Å². The number of benzene rings is 3. The fourth-order valence-corrected chi connectivity index (χ4v) is 5.48. The van der Waals surface area contributed by atoms with Gasteiger partial charge >= 0.3 is 6.09 Å². The Kier molecular flexibility index (Phi) is 12.2. The molecule has 11 nitrogen and oxygen atoms in total. The highest BCUT2D eigenvalue weighted by atomic mass is 16.7. The number of rotatable bonds is 14. The Morgan fingerprint density at radius 3 is 2.29 bits per heavy atom. The van der Waals surface area contributed by atoms with E-state index >= 15 is 0 Å². The molecule has 1 N–H and O–H groups in total. The largest absolute Gasteiger partial charge is 0.445 e. The molecule has 11 heteroatoms. The lowest BCUT2D eigenvalue weighted by Gasteiger charge is -2.46. The second-order valence-corrected chi connectivity index (χ2v) is 11.1. The maximum absolute atomic E-state index is 13.0. The van der Waals surface area contributed by atoms with Gasteiger partial charge in [0.05, 0.1) is 12.7 Å². The van der Waals surface area contributed by atoms with Crippen LogP contribution in [0.3, 0.4) is 0 Å².